The zero-order chi connectivity index (χ0) is 25.8. The van der Waals surface area contributed by atoms with E-state index in [-0.39, 0.29) is 34.3 Å². The summed E-state index contributed by atoms with van der Waals surface area (Å²) in [5, 5.41) is 47.7. The number of carboxylic acids is 1. The molecule has 0 aliphatic carbocycles. The van der Waals surface area contributed by atoms with Crippen LogP contribution in [0.25, 0.3) is 12.2 Å². The number of esters is 1. The third-order valence-electron chi connectivity index (χ3n) is 5.18. The topological polar surface area (TPSA) is 163 Å². The molecule has 4 rings (SSSR count). The van der Waals surface area contributed by atoms with Crippen molar-refractivity contribution in [3.8, 4) is 34.5 Å². The summed E-state index contributed by atoms with van der Waals surface area (Å²) in [5.41, 5.74) is 1.31. The number of hydrogen-bond acceptors (Lipinski definition) is 9. The smallest absolute Gasteiger partial charge is 0.349 e. The van der Waals surface area contributed by atoms with E-state index in [0.29, 0.717) is 11.1 Å². The van der Waals surface area contributed by atoms with Crippen LogP contribution in [0.15, 0.2) is 66.9 Å². The maximum atomic E-state index is 12.0. The molecule has 1 aliphatic rings. The summed E-state index contributed by atoms with van der Waals surface area (Å²) >= 11 is 0. The first kappa shape index (κ1) is 24.0. The first-order chi connectivity index (χ1) is 17.2. The molecule has 1 aliphatic heterocycles. The SMILES string of the molecule is O=C(/C=C/c1ccc2c(c1)O[C@@H](c1ccc(O)c(O)c1)[C@@H](C(=O)O)O2)O/C=C\c1ccc(O)c(O)c1. The van der Waals surface area contributed by atoms with Gasteiger partial charge in [-0.2, -0.15) is 0 Å². The maximum absolute atomic E-state index is 12.0. The van der Waals surface area contributed by atoms with E-state index in [0.717, 1.165) is 6.26 Å². The third kappa shape index (κ3) is 5.33. The van der Waals surface area contributed by atoms with Gasteiger partial charge in [-0.05, 0) is 59.7 Å². The minimum absolute atomic E-state index is 0.182. The van der Waals surface area contributed by atoms with Crippen LogP contribution in [0.5, 0.6) is 34.5 Å². The van der Waals surface area contributed by atoms with Crippen molar-refractivity contribution in [3.05, 3.63) is 83.6 Å². The highest BCUT2D eigenvalue weighted by molar-refractivity contribution is 5.88. The van der Waals surface area contributed by atoms with Gasteiger partial charge in [0.1, 0.15) is 0 Å². The molecule has 36 heavy (non-hydrogen) atoms. The summed E-state index contributed by atoms with van der Waals surface area (Å²) < 4.78 is 16.4. The number of carbonyl (C=O) groups excluding carboxylic acids is 1. The van der Waals surface area contributed by atoms with Gasteiger partial charge in [-0.3, -0.25) is 0 Å². The first-order valence-corrected chi connectivity index (χ1v) is 10.5. The lowest BCUT2D eigenvalue weighted by Crippen LogP contribution is -2.39. The Bertz CT molecular complexity index is 1380. The Morgan fingerprint density at radius 3 is 2.11 bits per heavy atom. The number of aliphatic carboxylic acids is 1. The molecule has 0 fully saturated rings. The molecule has 0 saturated carbocycles. The Kier molecular flexibility index (Phi) is 6.68. The summed E-state index contributed by atoms with van der Waals surface area (Å²) in [5.74, 6) is -2.93. The normalized spacial score (nSPS) is 16.8. The third-order valence-corrected chi connectivity index (χ3v) is 5.18. The van der Waals surface area contributed by atoms with Crippen LogP contribution < -0.4 is 9.47 Å². The quantitative estimate of drug-likeness (QED) is 0.148. The summed E-state index contributed by atoms with van der Waals surface area (Å²) in [7, 11) is 0. The van der Waals surface area contributed by atoms with Crippen molar-refractivity contribution in [1.29, 1.82) is 0 Å². The van der Waals surface area contributed by atoms with Crippen molar-refractivity contribution in [2.75, 3.05) is 0 Å². The number of hydrogen-bond donors (Lipinski definition) is 5. The largest absolute Gasteiger partial charge is 0.504 e. The van der Waals surface area contributed by atoms with Crippen LogP contribution in [0.3, 0.4) is 0 Å². The standard InChI is InChI=1S/C26H20O10/c27-17-5-1-15(11-19(17)29)9-10-34-23(31)8-3-14-2-7-21-22(12-14)36-24(25(35-21)26(32)33)16-4-6-18(28)20(30)13-16/h1-13,24-25,27-30H,(H,32,33)/b8-3+,10-9-/t24-,25-/m0/s1. The second kappa shape index (κ2) is 10.0. The van der Waals surface area contributed by atoms with E-state index in [4.69, 9.17) is 14.2 Å². The van der Waals surface area contributed by atoms with Gasteiger partial charge in [-0.1, -0.05) is 18.2 Å². The van der Waals surface area contributed by atoms with Gasteiger partial charge in [-0.15, -0.1) is 0 Å². The number of phenols is 4. The Balaban J connectivity index is 1.47. The van der Waals surface area contributed by atoms with Crippen molar-refractivity contribution in [2.45, 2.75) is 12.2 Å². The van der Waals surface area contributed by atoms with Crippen LogP contribution in [-0.2, 0) is 14.3 Å². The average Bonchev–Trinajstić information content (AvgIpc) is 2.85. The minimum Gasteiger partial charge on any atom is -0.504 e. The Labute approximate surface area is 204 Å². The van der Waals surface area contributed by atoms with Crippen molar-refractivity contribution in [2.24, 2.45) is 0 Å². The van der Waals surface area contributed by atoms with E-state index in [1.165, 1.54) is 60.7 Å². The monoisotopic (exact) mass is 492 g/mol. The number of ether oxygens (including phenoxy) is 3. The molecule has 0 bridgehead atoms. The van der Waals surface area contributed by atoms with Gasteiger partial charge in [0.15, 0.2) is 40.6 Å². The highest BCUT2D eigenvalue weighted by atomic mass is 16.6. The van der Waals surface area contributed by atoms with Gasteiger partial charge in [0, 0.05) is 11.6 Å². The van der Waals surface area contributed by atoms with Crippen LogP contribution >= 0.6 is 0 Å². The molecule has 5 N–H and O–H groups in total. The Morgan fingerprint density at radius 2 is 1.42 bits per heavy atom. The van der Waals surface area contributed by atoms with Crippen LogP contribution in [0.2, 0.25) is 0 Å². The van der Waals surface area contributed by atoms with E-state index < -0.39 is 29.9 Å². The number of fused-ring (bicyclic) bond motifs is 1. The predicted molar refractivity (Wildman–Crippen MR) is 126 cm³/mol. The number of aromatic hydroxyl groups is 4. The fourth-order valence-electron chi connectivity index (χ4n) is 3.38. The molecule has 0 unspecified atom stereocenters. The van der Waals surface area contributed by atoms with Crippen LogP contribution in [-0.4, -0.2) is 43.6 Å². The first-order valence-electron chi connectivity index (χ1n) is 10.5. The van der Waals surface area contributed by atoms with E-state index in [2.05, 4.69) is 0 Å². The summed E-state index contributed by atoms with van der Waals surface area (Å²) in [6.45, 7) is 0. The van der Waals surface area contributed by atoms with E-state index in [1.54, 1.807) is 12.1 Å². The van der Waals surface area contributed by atoms with Crippen molar-refractivity contribution >= 4 is 24.1 Å². The van der Waals surface area contributed by atoms with Crippen LogP contribution in [0.1, 0.15) is 22.8 Å². The fourth-order valence-corrected chi connectivity index (χ4v) is 3.38. The Hall–Kier alpha value is -5.12. The summed E-state index contributed by atoms with van der Waals surface area (Å²) in [6.07, 6.45) is 2.66. The number of carboxylic acid groups (broad SMARTS) is 1. The summed E-state index contributed by atoms with van der Waals surface area (Å²) in [4.78, 5) is 23.8. The van der Waals surface area contributed by atoms with Gasteiger partial charge in [0.25, 0.3) is 0 Å². The van der Waals surface area contributed by atoms with Crippen molar-refractivity contribution in [1.82, 2.24) is 0 Å². The van der Waals surface area contributed by atoms with Crippen molar-refractivity contribution < 1.29 is 49.3 Å². The molecule has 3 aromatic rings. The van der Waals surface area contributed by atoms with Gasteiger partial charge >= 0.3 is 11.9 Å². The number of rotatable bonds is 6. The fraction of sp³-hybridized carbons (Fsp3) is 0.0769. The highest BCUT2D eigenvalue weighted by Crippen LogP contribution is 2.41. The highest BCUT2D eigenvalue weighted by Gasteiger charge is 2.38. The molecule has 0 amide bonds. The van der Waals surface area contributed by atoms with Gasteiger partial charge < -0.3 is 39.7 Å². The molecular weight excluding hydrogens is 472 g/mol. The molecule has 184 valence electrons. The summed E-state index contributed by atoms with van der Waals surface area (Å²) in [6, 6.07) is 12.6. The zero-order valence-electron chi connectivity index (χ0n) is 18.4. The van der Waals surface area contributed by atoms with Gasteiger partial charge in [0.2, 0.25) is 6.10 Å². The predicted octanol–water partition coefficient (Wildman–Crippen LogP) is 3.70. The molecule has 0 saturated heterocycles. The van der Waals surface area contributed by atoms with E-state index >= 15 is 0 Å². The molecule has 10 nitrogen and oxygen atoms in total. The molecule has 0 aromatic heterocycles. The van der Waals surface area contributed by atoms with Crippen LogP contribution in [0, 0.1) is 0 Å². The minimum atomic E-state index is -1.40. The lowest BCUT2D eigenvalue weighted by atomic mass is 10.0. The lowest BCUT2D eigenvalue weighted by Gasteiger charge is -2.32. The zero-order valence-corrected chi connectivity index (χ0v) is 18.4. The lowest BCUT2D eigenvalue weighted by molar-refractivity contribution is -0.151. The van der Waals surface area contributed by atoms with Gasteiger partial charge in [0.05, 0.1) is 6.26 Å². The molecule has 0 spiro atoms. The number of carbonyl (C=O) groups is 2. The van der Waals surface area contributed by atoms with Gasteiger partial charge in [-0.25, -0.2) is 9.59 Å². The number of phenolic OH excluding ortho intramolecular Hbond substituents is 4. The molecule has 1 heterocycles. The van der Waals surface area contributed by atoms with Crippen LogP contribution in [0.4, 0.5) is 0 Å². The molecule has 2 atom stereocenters. The average molecular weight is 492 g/mol. The van der Waals surface area contributed by atoms with E-state index in [9.17, 15) is 35.1 Å². The number of benzene rings is 3. The maximum Gasteiger partial charge on any atom is 0.349 e. The second-order valence-electron chi connectivity index (χ2n) is 7.69. The molecular formula is C26H20O10. The van der Waals surface area contributed by atoms with E-state index in [1.807, 2.05) is 0 Å². The molecule has 0 radical (unpaired) electrons. The molecule has 3 aromatic carbocycles. The van der Waals surface area contributed by atoms with Crippen molar-refractivity contribution in [3.63, 3.8) is 0 Å². The second-order valence-corrected chi connectivity index (χ2v) is 7.69. The Morgan fingerprint density at radius 1 is 0.750 bits per heavy atom. The molecule has 10 heteroatoms.